The molecule has 0 N–H and O–H groups in total. The molecule has 0 fully saturated rings. The number of ether oxygens (including phenoxy) is 1. The second-order valence-corrected chi connectivity index (χ2v) is 4.67. The van der Waals surface area contributed by atoms with Gasteiger partial charge in [-0.15, -0.1) is 0 Å². The van der Waals surface area contributed by atoms with E-state index in [-0.39, 0.29) is 17.7 Å². The van der Waals surface area contributed by atoms with Crippen molar-refractivity contribution in [2.75, 3.05) is 0 Å². The van der Waals surface area contributed by atoms with Gasteiger partial charge in [0.05, 0.1) is 5.56 Å². The fourth-order valence-electron chi connectivity index (χ4n) is 1.72. The Morgan fingerprint density at radius 1 is 1.20 bits per heavy atom. The summed E-state index contributed by atoms with van der Waals surface area (Å²) >= 11 is 3.23. The Labute approximate surface area is 123 Å². The molecule has 0 saturated carbocycles. The van der Waals surface area contributed by atoms with Gasteiger partial charge in [0, 0.05) is 17.0 Å². The SMILES string of the molecule is N#Cc1cccc(COc2cc(F)cc(CBr)c2)c1F. The van der Waals surface area contributed by atoms with E-state index in [4.69, 9.17) is 10.00 Å². The molecule has 0 aromatic heterocycles. The molecule has 2 aromatic rings. The molecule has 20 heavy (non-hydrogen) atoms. The van der Waals surface area contributed by atoms with Gasteiger partial charge in [-0.2, -0.15) is 5.26 Å². The molecule has 0 aliphatic heterocycles. The highest BCUT2D eigenvalue weighted by molar-refractivity contribution is 9.08. The first-order chi connectivity index (χ1) is 9.63. The second-order valence-electron chi connectivity index (χ2n) is 4.11. The maximum absolute atomic E-state index is 13.8. The van der Waals surface area contributed by atoms with Gasteiger partial charge in [0.1, 0.15) is 30.1 Å². The van der Waals surface area contributed by atoms with Crippen molar-refractivity contribution in [2.24, 2.45) is 0 Å². The Balaban J connectivity index is 2.17. The summed E-state index contributed by atoms with van der Waals surface area (Å²) in [4.78, 5) is 0. The minimum absolute atomic E-state index is 0.0357. The van der Waals surface area contributed by atoms with Crippen molar-refractivity contribution in [1.29, 1.82) is 5.26 Å². The number of halogens is 3. The molecule has 0 unspecified atom stereocenters. The first-order valence-electron chi connectivity index (χ1n) is 5.79. The van der Waals surface area contributed by atoms with Gasteiger partial charge in [-0.25, -0.2) is 8.78 Å². The normalized spacial score (nSPS) is 10.1. The highest BCUT2D eigenvalue weighted by Crippen LogP contribution is 2.20. The smallest absolute Gasteiger partial charge is 0.147 e. The Hall–Kier alpha value is -1.93. The number of rotatable bonds is 4. The zero-order valence-corrected chi connectivity index (χ0v) is 12.0. The molecular weight excluding hydrogens is 328 g/mol. The van der Waals surface area contributed by atoms with Crippen molar-refractivity contribution in [3.63, 3.8) is 0 Å². The van der Waals surface area contributed by atoms with Crippen molar-refractivity contribution in [3.8, 4) is 11.8 Å². The van der Waals surface area contributed by atoms with Crippen LogP contribution in [0.15, 0.2) is 36.4 Å². The Kier molecular flexibility index (Phi) is 4.70. The molecule has 2 aromatic carbocycles. The van der Waals surface area contributed by atoms with Gasteiger partial charge in [0.25, 0.3) is 0 Å². The molecule has 2 nitrogen and oxygen atoms in total. The first kappa shape index (κ1) is 14.5. The number of alkyl halides is 1. The van der Waals surface area contributed by atoms with Gasteiger partial charge < -0.3 is 4.74 Å². The van der Waals surface area contributed by atoms with Crippen LogP contribution in [-0.4, -0.2) is 0 Å². The summed E-state index contributed by atoms with van der Waals surface area (Å²) in [6.45, 7) is -0.0630. The summed E-state index contributed by atoms with van der Waals surface area (Å²) in [6.07, 6.45) is 0. The molecule has 0 aliphatic carbocycles. The standard InChI is InChI=1S/C15H10BrF2NO/c16-7-10-4-13(17)6-14(5-10)20-9-12-3-1-2-11(8-19)15(12)18/h1-6H,7,9H2. The lowest BCUT2D eigenvalue weighted by atomic mass is 10.1. The molecule has 2 rings (SSSR count). The molecule has 0 bridgehead atoms. The highest BCUT2D eigenvalue weighted by Gasteiger charge is 2.09. The quantitative estimate of drug-likeness (QED) is 0.779. The van der Waals surface area contributed by atoms with Crippen LogP contribution in [0.2, 0.25) is 0 Å². The largest absolute Gasteiger partial charge is 0.489 e. The molecule has 0 radical (unpaired) electrons. The predicted octanol–water partition coefficient (Wildman–Crippen LogP) is 4.31. The Morgan fingerprint density at radius 3 is 2.70 bits per heavy atom. The molecule has 0 atom stereocenters. The lowest BCUT2D eigenvalue weighted by molar-refractivity contribution is 0.298. The molecular formula is C15H10BrF2NO. The summed E-state index contributed by atoms with van der Waals surface area (Å²) in [5.41, 5.74) is 0.950. The average molecular weight is 338 g/mol. The van der Waals surface area contributed by atoms with E-state index in [9.17, 15) is 8.78 Å². The van der Waals surface area contributed by atoms with Crippen molar-refractivity contribution in [2.45, 2.75) is 11.9 Å². The molecule has 0 spiro atoms. The molecule has 0 amide bonds. The lowest BCUT2D eigenvalue weighted by Gasteiger charge is -2.09. The van der Waals surface area contributed by atoms with Gasteiger partial charge in [0.2, 0.25) is 0 Å². The van der Waals surface area contributed by atoms with Crippen LogP contribution in [0.5, 0.6) is 5.75 Å². The molecule has 102 valence electrons. The van der Waals surface area contributed by atoms with Crippen LogP contribution in [0.4, 0.5) is 8.78 Å². The molecule has 0 aliphatic rings. The third-order valence-corrected chi connectivity index (χ3v) is 3.33. The predicted molar refractivity (Wildman–Crippen MR) is 74.5 cm³/mol. The van der Waals surface area contributed by atoms with E-state index in [0.717, 1.165) is 5.56 Å². The van der Waals surface area contributed by atoms with E-state index < -0.39 is 11.6 Å². The van der Waals surface area contributed by atoms with E-state index in [1.165, 1.54) is 24.3 Å². The van der Waals surface area contributed by atoms with E-state index in [1.807, 2.05) is 0 Å². The number of nitriles is 1. The third-order valence-electron chi connectivity index (χ3n) is 2.68. The van der Waals surface area contributed by atoms with Crippen LogP contribution in [0.3, 0.4) is 0 Å². The summed E-state index contributed by atoms with van der Waals surface area (Å²) in [5.74, 6) is -0.698. The van der Waals surface area contributed by atoms with Gasteiger partial charge in [-0.1, -0.05) is 28.1 Å². The molecule has 5 heteroatoms. The fourth-order valence-corrected chi connectivity index (χ4v) is 2.04. The lowest BCUT2D eigenvalue weighted by Crippen LogP contribution is -2.01. The number of nitrogens with zero attached hydrogens (tertiary/aromatic N) is 1. The van der Waals surface area contributed by atoms with Gasteiger partial charge >= 0.3 is 0 Å². The average Bonchev–Trinajstić information content (AvgIpc) is 2.45. The van der Waals surface area contributed by atoms with E-state index in [0.29, 0.717) is 11.1 Å². The summed E-state index contributed by atoms with van der Waals surface area (Å²) < 4.78 is 32.5. The van der Waals surface area contributed by atoms with Crippen LogP contribution in [0.1, 0.15) is 16.7 Å². The zero-order valence-electron chi connectivity index (χ0n) is 10.4. The fraction of sp³-hybridized carbons (Fsp3) is 0.133. The zero-order chi connectivity index (χ0) is 14.5. The van der Waals surface area contributed by atoms with E-state index >= 15 is 0 Å². The number of hydrogen-bond donors (Lipinski definition) is 0. The Bertz CT molecular complexity index is 667. The monoisotopic (exact) mass is 337 g/mol. The maximum Gasteiger partial charge on any atom is 0.147 e. The van der Waals surface area contributed by atoms with Crippen LogP contribution >= 0.6 is 15.9 Å². The first-order valence-corrected chi connectivity index (χ1v) is 6.92. The highest BCUT2D eigenvalue weighted by atomic mass is 79.9. The van der Waals surface area contributed by atoms with Crippen molar-refractivity contribution < 1.29 is 13.5 Å². The summed E-state index contributed by atoms with van der Waals surface area (Å²) in [6, 6.07) is 10.6. The van der Waals surface area contributed by atoms with Crippen molar-refractivity contribution in [1.82, 2.24) is 0 Å². The summed E-state index contributed by atoms with van der Waals surface area (Å²) in [5, 5.41) is 9.25. The minimum Gasteiger partial charge on any atom is -0.489 e. The summed E-state index contributed by atoms with van der Waals surface area (Å²) in [7, 11) is 0. The van der Waals surface area contributed by atoms with Crippen LogP contribution < -0.4 is 4.74 Å². The van der Waals surface area contributed by atoms with Crippen LogP contribution in [0.25, 0.3) is 0 Å². The van der Waals surface area contributed by atoms with Gasteiger partial charge in [0.15, 0.2) is 0 Å². The number of hydrogen-bond acceptors (Lipinski definition) is 2. The molecule has 0 saturated heterocycles. The van der Waals surface area contributed by atoms with Crippen molar-refractivity contribution >= 4 is 15.9 Å². The topological polar surface area (TPSA) is 33.0 Å². The van der Waals surface area contributed by atoms with Gasteiger partial charge in [-0.3, -0.25) is 0 Å². The van der Waals surface area contributed by atoms with Crippen LogP contribution in [-0.2, 0) is 11.9 Å². The van der Waals surface area contributed by atoms with Crippen LogP contribution in [0, 0.1) is 23.0 Å². The van der Waals surface area contributed by atoms with Crippen molar-refractivity contribution in [3.05, 3.63) is 64.7 Å². The van der Waals surface area contributed by atoms with E-state index in [1.54, 1.807) is 18.2 Å². The Morgan fingerprint density at radius 2 is 2.00 bits per heavy atom. The molecule has 0 heterocycles. The second kappa shape index (κ2) is 6.49. The third kappa shape index (κ3) is 3.34. The minimum atomic E-state index is -0.605. The number of benzene rings is 2. The van der Waals surface area contributed by atoms with Gasteiger partial charge in [-0.05, 0) is 23.8 Å². The van der Waals surface area contributed by atoms with E-state index in [2.05, 4.69) is 15.9 Å². The maximum atomic E-state index is 13.8.